The van der Waals surface area contributed by atoms with Gasteiger partial charge in [-0.3, -0.25) is 0 Å². The number of aromatic nitrogens is 1. The second-order valence-corrected chi connectivity index (χ2v) is 21.3. The SMILES string of the molecule is C1=CC(C2=CCC(N(c3ccc(-c4ccccc4)cc3)c3cccc4c3-c3ccccc3C43c4ccccc4-c4ccccc43)C=C2)=C2c3ccc4c5ccccc5n(-c5ccccc5)c4c3C(c3ccccc3)=CC2C1. The fourth-order valence-electron chi connectivity index (χ4n) is 14.3. The van der Waals surface area contributed by atoms with E-state index >= 15 is 0 Å². The van der Waals surface area contributed by atoms with Gasteiger partial charge in [0.25, 0.3) is 0 Å². The van der Waals surface area contributed by atoms with Gasteiger partial charge in [0.1, 0.15) is 0 Å². The Kier molecular flexibility index (Phi) is 9.84. The molecule has 0 radical (unpaired) electrons. The molecule has 0 saturated carbocycles. The van der Waals surface area contributed by atoms with E-state index in [2.05, 4.69) is 289 Å². The second-order valence-electron chi connectivity index (χ2n) is 21.3. The highest BCUT2D eigenvalue weighted by molar-refractivity contribution is 6.16. The highest BCUT2D eigenvalue weighted by atomic mass is 15.2. The average molecular weight is 981 g/mol. The lowest BCUT2D eigenvalue weighted by molar-refractivity contribution is 0.775. The molecule has 5 aliphatic carbocycles. The summed E-state index contributed by atoms with van der Waals surface area (Å²) in [4.78, 5) is 2.64. The Morgan fingerprint density at radius 2 is 1.05 bits per heavy atom. The Labute approximate surface area is 449 Å². The molecule has 77 heavy (non-hydrogen) atoms. The number of rotatable bonds is 7. The Balaban J connectivity index is 0.867. The van der Waals surface area contributed by atoms with E-state index in [9.17, 15) is 0 Å². The minimum absolute atomic E-state index is 0.0399. The third-order valence-corrected chi connectivity index (χ3v) is 17.4. The molecule has 1 spiro atoms. The molecule has 0 fully saturated rings. The van der Waals surface area contributed by atoms with Gasteiger partial charge in [0.15, 0.2) is 0 Å². The first-order valence-electron chi connectivity index (χ1n) is 27.3. The second kappa shape index (κ2) is 17.3. The maximum atomic E-state index is 2.64. The van der Waals surface area contributed by atoms with Crippen LogP contribution in [0.1, 0.15) is 51.8 Å². The van der Waals surface area contributed by atoms with Crippen LogP contribution in [0.15, 0.2) is 290 Å². The topological polar surface area (TPSA) is 8.17 Å². The van der Waals surface area contributed by atoms with E-state index in [-0.39, 0.29) is 12.0 Å². The summed E-state index contributed by atoms with van der Waals surface area (Å²) in [5, 5.41) is 2.54. The number of allylic oxidation sites excluding steroid dienone is 7. The number of hydrogen-bond acceptors (Lipinski definition) is 1. The van der Waals surface area contributed by atoms with Crippen molar-refractivity contribution in [3.05, 3.63) is 329 Å². The number of hydrogen-bond donors (Lipinski definition) is 0. The van der Waals surface area contributed by atoms with E-state index in [1.165, 1.54) is 133 Å². The van der Waals surface area contributed by atoms with Crippen LogP contribution in [0.25, 0.3) is 72.0 Å². The molecule has 11 aromatic rings. The fourth-order valence-corrected chi connectivity index (χ4v) is 14.3. The maximum absolute atomic E-state index is 2.64. The summed E-state index contributed by atoms with van der Waals surface area (Å²) in [6, 6.07) is 90.4. The van der Waals surface area contributed by atoms with E-state index < -0.39 is 5.41 Å². The first-order valence-corrected chi connectivity index (χ1v) is 27.3. The number of anilines is 2. The Morgan fingerprint density at radius 1 is 0.442 bits per heavy atom. The molecule has 5 aliphatic rings. The summed E-state index contributed by atoms with van der Waals surface area (Å²) >= 11 is 0. The van der Waals surface area contributed by atoms with Crippen molar-refractivity contribution >= 4 is 44.3 Å². The average Bonchev–Trinajstić information content (AvgIpc) is 4.21. The summed E-state index contributed by atoms with van der Waals surface area (Å²) in [6.45, 7) is 0. The normalized spacial score (nSPS) is 17.1. The monoisotopic (exact) mass is 980 g/mol. The predicted molar refractivity (Wildman–Crippen MR) is 321 cm³/mol. The van der Waals surface area contributed by atoms with Crippen LogP contribution >= 0.6 is 0 Å². The lowest BCUT2D eigenvalue weighted by Gasteiger charge is -2.36. The van der Waals surface area contributed by atoms with Gasteiger partial charge in [-0.25, -0.2) is 0 Å². The van der Waals surface area contributed by atoms with Crippen LogP contribution in [-0.4, -0.2) is 10.6 Å². The van der Waals surface area contributed by atoms with Crippen molar-refractivity contribution in [2.45, 2.75) is 24.3 Å². The van der Waals surface area contributed by atoms with E-state index in [1.807, 2.05) is 0 Å². The third kappa shape index (κ3) is 6.43. The van der Waals surface area contributed by atoms with Crippen molar-refractivity contribution in [1.82, 2.24) is 4.57 Å². The maximum Gasteiger partial charge on any atom is 0.0726 e. The van der Waals surface area contributed by atoms with Gasteiger partial charge in [0.05, 0.1) is 22.5 Å². The molecule has 0 aliphatic heterocycles. The highest BCUT2D eigenvalue weighted by Crippen LogP contribution is 2.64. The zero-order chi connectivity index (χ0) is 50.6. The molecule has 1 heterocycles. The molecular formula is C75H52N2. The molecule has 362 valence electrons. The molecule has 0 N–H and O–H groups in total. The predicted octanol–water partition coefficient (Wildman–Crippen LogP) is 18.7. The van der Waals surface area contributed by atoms with Crippen LogP contribution in [0.4, 0.5) is 11.4 Å². The van der Waals surface area contributed by atoms with Crippen LogP contribution < -0.4 is 4.90 Å². The van der Waals surface area contributed by atoms with Crippen LogP contribution in [0.2, 0.25) is 0 Å². The van der Waals surface area contributed by atoms with Crippen molar-refractivity contribution in [3.8, 4) is 39.1 Å². The number of nitrogens with zero attached hydrogens (tertiary/aromatic N) is 2. The van der Waals surface area contributed by atoms with Gasteiger partial charge in [-0.1, -0.05) is 243 Å². The Hall–Kier alpha value is -9.50. The van der Waals surface area contributed by atoms with Crippen molar-refractivity contribution in [2.75, 3.05) is 4.90 Å². The van der Waals surface area contributed by atoms with Crippen LogP contribution in [0.3, 0.4) is 0 Å². The zero-order valence-electron chi connectivity index (χ0n) is 42.5. The van der Waals surface area contributed by atoms with Gasteiger partial charge in [-0.05, 0) is 133 Å². The summed E-state index contributed by atoms with van der Waals surface area (Å²) in [5.41, 5.74) is 27.9. The van der Waals surface area contributed by atoms with Crippen LogP contribution in [0, 0.1) is 5.92 Å². The molecule has 1 aromatic heterocycles. The minimum Gasteiger partial charge on any atom is -0.334 e. The smallest absolute Gasteiger partial charge is 0.0726 e. The van der Waals surface area contributed by atoms with Gasteiger partial charge < -0.3 is 9.47 Å². The lowest BCUT2D eigenvalue weighted by atomic mass is 9.70. The molecule has 2 unspecified atom stereocenters. The molecule has 0 amide bonds. The summed E-state index contributed by atoms with van der Waals surface area (Å²) in [5.74, 6) is 0.224. The first-order chi connectivity index (χ1) is 38.2. The van der Waals surface area contributed by atoms with Gasteiger partial charge in [0.2, 0.25) is 0 Å². The minimum atomic E-state index is -0.433. The van der Waals surface area contributed by atoms with Crippen molar-refractivity contribution in [1.29, 1.82) is 0 Å². The molecule has 2 atom stereocenters. The van der Waals surface area contributed by atoms with Crippen LogP contribution in [0.5, 0.6) is 0 Å². The van der Waals surface area contributed by atoms with E-state index in [4.69, 9.17) is 0 Å². The molecule has 0 bridgehead atoms. The van der Waals surface area contributed by atoms with E-state index in [0.717, 1.165) is 12.8 Å². The zero-order valence-corrected chi connectivity index (χ0v) is 42.5. The third-order valence-electron chi connectivity index (χ3n) is 17.4. The lowest BCUT2D eigenvalue weighted by Crippen LogP contribution is -2.31. The molecule has 16 rings (SSSR count). The highest BCUT2D eigenvalue weighted by Gasteiger charge is 2.52. The Morgan fingerprint density at radius 3 is 1.77 bits per heavy atom. The Bertz CT molecular complexity index is 4330. The summed E-state index contributed by atoms with van der Waals surface area (Å²) in [6.07, 6.45) is 16.7. The number of fused-ring (bicyclic) bond motifs is 17. The summed E-state index contributed by atoms with van der Waals surface area (Å²) < 4.78 is 2.51. The largest absolute Gasteiger partial charge is 0.334 e. The molecule has 2 nitrogen and oxygen atoms in total. The van der Waals surface area contributed by atoms with E-state index in [1.54, 1.807) is 0 Å². The van der Waals surface area contributed by atoms with Crippen molar-refractivity contribution < 1.29 is 0 Å². The quantitative estimate of drug-likeness (QED) is 0.154. The molecule has 2 heteroatoms. The van der Waals surface area contributed by atoms with Gasteiger partial charge >= 0.3 is 0 Å². The van der Waals surface area contributed by atoms with Gasteiger partial charge in [-0.15, -0.1) is 0 Å². The fraction of sp³-hybridized carbons (Fsp3) is 0.0667. The number of benzene rings is 10. The molecule has 10 aromatic carbocycles. The number of para-hydroxylation sites is 2. The standard InChI is InChI=1S/C75H52N2/c1-4-20-49(21-5-1)50-38-42-55(43-39-50)76(70-37-19-35-68-73(70)62-30-12-16-34-67(62)75(68)65-32-14-10-27-58(65)59-28-11-15-33-66(59)75)56-44-40-52(41-45-56)57-31-18-24-53-48-64(51-22-6-2-7-23-51)72-63(71(53)57)47-46-61-60-29-13-17-36-69(60)77(74(61)72)54-25-8-3-9-26-54/h1-23,25-44,46-48,53,56H,24,45H2. The van der Waals surface area contributed by atoms with E-state index in [0.29, 0.717) is 0 Å². The first kappa shape index (κ1) is 43.9. The van der Waals surface area contributed by atoms with Gasteiger partial charge in [0, 0.05) is 44.9 Å². The van der Waals surface area contributed by atoms with Crippen molar-refractivity contribution in [3.63, 3.8) is 0 Å². The van der Waals surface area contributed by atoms with Crippen LogP contribution in [-0.2, 0) is 5.41 Å². The van der Waals surface area contributed by atoms with Crippen molar-refractivity contribution in [2.24, 2.45) is 5.92 Å². The molecular weight excluding hydrogens is 929 g/mol. The van der Waals surface area contributed by atoms with Gasteiger partial charge in [-0.2, -0.15) is 0 Å². The summed E-state index contributed by atoms with van der Waals surface area (Å²) in [7, 11) is 0. The molecule has 0 saturated heterocycles.